The highest BCUT2D eigenvalue weighted by Crippen LogP contribution is 2.51. The molecule has 0 unspecified atom stereocenters. The van der Waals surface area contributed by atoms with E-state index in [9.17, 15) is 4.79 Å². The van der Waals surface area contributed by atoms with Crippen molar-refractivity contribution in [1.29, 1.82) is 0 Å². The molecule has 0 saturated heterocycles. The number of anilines is 1. The van der Waals surface area contributed by atoms with E-state index in [4.69, 9.17) is 15.2 Å². The standard InChI is InChI=1S/C26H25N2O3/c1-3-17-6-8-20(14-21(17)18-5-4-16(2)22(27)12-18)28-25(29)26(10-11-26)19-7-9-23-24(13-19)31-15-30-23/h4-9,12-14,27H,3,10-11,15H2,1-2H3,(H,28,29). The first-order valence-electron chi connectivity index (χ1n) is 10.7. The topological polar surface area (TPSA) is 71.4 Å². The molecule has 2 N–H and O–H groups in total. The summed E-state index contributed by atoms with van der Waals surface area (Å²) >= 11 is 0. The van der Waals surface area contributed by atoms with Crippen LogP contribution in [0.15, 0.2) is 54.6 Å². The number of rotatable bonds is 5. The normalized spacial score (nSPS) is 15.5. The number of nitrogens with one attached hydrogen (secondary N) is 2. The van der Waals surface area contributed by atoms with E-state index in [0.29, 0.717) is 11.4 Å². The number of fused-ring (bicyclic) bond motifs is 1. The molecular weight excluding hydrogens is 388 g/mol. The van der Waals surface area contributed by atoms with Gasteiger partial charge in [-0.15, -0.1) is 0 Å². The number of carbonyl (C=O) groups is 1. The summed E-state index contributed by atoms with van der Waals surface area (Å²) in [6.45, 7) is 4.28. The zero-order valence-electron chi connectivity index (χ0n) is 17.7. The van der Waals surface area contributed by atoms with Crippen molar-refractivity contribution in [2.45, 2.75) is 38.5 Å². The van der Waals surface area contributed by atoms with E-state index in [1.165, 1.54) is 5.56 Å². The van der Waals surface area contributed by atoms with Gasteiger partial charge < -0.3 is 20.5 Å². The molecule has 3 aromatic rings. The molecule has 1 fully saturated rings. The summed E-state index contributed by atoms with van der Waals surface area (Å²) in [6, 6.07) is 17.7. The first kappa shape index (κ1) is 19.5. The number of hydrogen-bond donors (Lipinski definition) is 1. The van der Waals surface area contributed by atoms with Crippen molar-refractivity contribution in [3.63, 3.8) is 0 Å². The summed E-state index contributed by atoms with van der Waals surface area (Å²) in [5, 5.41) is 3.14. The molecule has 1 amide bonds. The second-order valence-corrected chi connectivity index (χ2v) is 8.36. The molecule has 1 aliphatic carbocycles. The van der Waals surface area contributed by atoms with Crippen molar-refractivity contribution in [1.82, 2.24) is 5.73 Å². The van der Waals surface area contributed by atoms with Crippen molar-refractivity contribution >= 4 is 17.3 Å². The second kappa shape index (κ2) is 7.34. The second-order valence-electron chi connectivity index (χ2n) is 8.36. The number of aryl methyl sites for hydroxylation is 2. The molecule has 3 aromatic carbocycles. The maximum Gasteiger partial charge on any atom is 0.235 e. The van der Waals surface area contributed by atoms with Gasteiger partial charge in [-0.3, -0.25) is 4.79 Å². The highest BCUT2D eigenvalue weighted by Gasteiger charge is 2.51. The van der Waals surface area contributed by atoms with Crippen LogP contribution >= 0.6 is 0 Å². The highest BCUT2D eigenvalue weighted by molar-refractivity contribution is 6.02. The minimum absolute atomic E-state index is 0.00616. The number of carbonyl (C=O) groups excluding carboxylic acids is 1. The van der Waals surface area contributed by atoms with E-state index in [2.05, 4.69) is 18.3 Å². The molecule has 2 aliphatic rings. The van der Waals surface area contributed by atoms with Crippen LogP contribution in [0.3, 0.4) is 0 Å². The molecule has 1 saturated carbocycles. The van der Waals surface area contributed by atoms with Crippen molar-refractivity contribution in [2.24, 2.45) is 0 Å². The lowest BCUT2D eigenvalue weighted by molar-refractivity contribution is -0.118. The molecule has 5 rings (SSSR count). The maximum atomic E-state index is 13.3. The quantitative estimate of drug-likeness (QED) is 0.597. The van der Waals surface area contributed by atoms with Crippen molar-refractivity contribution in [2.75, 3.05) is 12.1 Å². The van der Waals surface area contributed by atoms with E-state index >= 15 is 0 Å². The summed E-state index contributed by atoms with van der Waals surface area (Å²) in [5.74, 6) is 1.44. The molecule has 0 aromatic heterocycles. The SMILES string of the molecule is CCc1ccc(NC(=O)C2(c3ccc4c(c3)OCO4)CC2)cc1-c1ccc(C)c([NH])c1. The van der Waals surface area contributed by atoms with Crippen LogP contribution in [0.2, 0.25) is 0 Å². The molecule has 5 heteroatoms. The lowest BCUT2D eigenvalue weighted by Crippen LogP contribution is -2.27. The Bertz CT molecular complexity index is 1180. The van der Waals surface area contributed by atoms with Gasteiger partial charge in [0.1, 0.15) is 0 Å². The van der Waals surface area contributed by atoms with Gasteiger partial charge in [0.15, 0.2) is 11.5 Å². The molecular formula is C26H25N2O3. The monoisotopic (exact) mass is 413 g/mol. The van der Waals surface area contributed by atoms with Crippen molar-refractivity contribution in [3.05, 3.63) is 71.3 Å². The maximum absolute atomic E-state index is 13.3. The fourth-order valence-corrected chi connectivity index (χ4v) is 4.24. The van der Waals surface area contributed by atoms with Gasteiger partial charge in [-0.05, 0) is 84.3 Å². The average Bonchev–Trinajstić information content (AvgIpc) is 3.46. The predicted octanol–water partition coefficient (Wildman–Crippen LogP) is 5.54. The summed E-state index contributed by atoms with van der Waals surface area (Å²) in [4.78, 5) is 13.3. The third kappa shape index (κ3) is 3.40. The van der Waals surface area contributed by atoms with Crippen LogP contribution < -0.4 is 20.5 Å². The third-order valence-electron chi connectivity index (χ3n) is 6.41. The Balaban J connectivity index is 1.43. The number of benzene rings is 3. The Morgan fingerprint density at radius 2 is 1.84 bits per heavy atom. The van der Waals surface area contributed by atoms with Gasteiger partial charge in [0, 0.05) is 5.69 Å². The molecule has 0 atom stereocenters. The van der Waals surface area contributed by atoms with Crippen molar-refractivity contribution in [3.8, 4) is 22.6 Å². The summed E-state index contributed by atoms with van der Waals surface area (Å²) in [6.07, 6.45) is 2.52. The number of ether oxygens (including phenoxy) is 2. The summed E-state index contributed by atoms with van der Waals surface area (Å²) in [5.41, 5.74) is 14.1. The Labute approximate surface area is 182 Å². The van der Waals surface area contributed by atoms with E-state index in [0.717, 1.165) is 53.0 Å². The molecule has 1 aliphatic heterocycles. The molecule has 31 heavy (non-hydrogen) atoms. The molecule has 0 bridgehead atoms. The third-order valence-corrected chi connectivity index (χ3v) is 6.41. The van der Waals surface area contributed by atoms with Gasteiger partial charge in [-0.1, -0.05) is 31.2 Å². The largest absolute Gasteiger partial charge is 0.454 e. The van der Waals surface area contributed by atoms with E-state index < -0.39 is 5.41 Å². The molecule has 5 nitrogen and oxygen atoms in total. The minimum Gasteiger partial charge on any atom is -0.454 e. The van der Waals surface area contributed by atoms with Gasteiger partial charge in [0.2, 0.25) is 12.7 Å². The fraction of sp³-hybridized carbons (Fsp3) is 0.269. The summed E-state index contributed by atoms with van der Waals surface area (Å²) < 4.78 is 10.9. The van der Waals surface area contributed by atoms with Gasteiger partial charge >= 0.3 is 0 Å². The van der Waals surface area contributed by atoms with Crippen LogP contribution in [0.5, 0.6) is 11.5 Å². The van der Waals surface area contributed by atoms with Crippen LogP contribution in [0.1, 0.15) is 36.5 Å². The smallest absolute Gasteiger partial charge is 0.235 e. The highest BCUT2D eigenvalue weighted by atomic mass is 16.7. The Morgan fingerprint density at radius 1 is 1.03 bits per heavy atom. The van der Waals surface area contributed by atoms with Gasteiger partial charge in [-0.25, -0.2) is 0 Å². The fourth-order valence-electron chi connectivity index (χ4n) is 4.24. The lowest BCUT2D eigenvalue weighted by Gasteiger charge is -2.18. The van der Waals surface area contributed by atoms with Gasteiger partial charge in [-0.2, -0.15) is 0 Å². The number of amides is 1. The predicted molar refractivity (Wildman–Crippen MR) is 121 cm³/mol. The van der Waals surface area contributed by atoms with Crippen LogP contribution in [-0.4, -0.2) is 12.7 Å². The molecule has 1 heterocycles. The van der Waals surface area contributed by atoms with E-state index in [1.807, 2.05) is 55.5 Å². The zero-order chi connectivity index (χ0) is 21.6. The Morgan fingerprint density at radius 3 is 2.58 bits per heavy atom. The average molecular weight is 413 g/mol. The van der Waals surface area contributed by atoms with Crippen molar-refractivity contribution < 1.29 is 14.3 Å². The first-order chi connectivity index (χ1) is 15.0. The van der Waals surface area contributed by atoms with Gasteiger partial charge in [0.25, 0.3) is 0 Å². The minimum atomic E-state index is -0.511. The first-order valence-corrected chi connectivity index (χ1v) is 10.7. The van der Waals surface area contributed by atoms with Crippen LogP contribution in [0.4, 0.5) is 11.4 Å². The summed E-state index contributed by atoms with van der Waals surface area (Å²) in [7, 11) is 0. The number of hydrogen-bond acceptors (Lipinski definition) is 3. The molecule has 1 radical (unpaired) electrons. The Kier molecular flexibility index (Phi) is 4.62. The molecule has 0 spiro atoms. The zero-order valence-corrected chi connectivity index (χ0v) is 17.7. The van der Waals surface area contributed by atoms with Crippen LogP contribution in [0, 0.1) is 6.92 Å². The Hall–Kier alpha value is -3.47. The lowest BCUT2D eigenvalue weighted by atomic mass is 9.93. The van der Waals surface area contributed by atoms with Crippen LogP contribution in [0.25, 0.3) is 11.1 Å². The van der Waals surface area contributed by atoms with E-state index in [1.54, 1.807) is 0 Å². The van der Waals surface area contributed by atoms with Crippen LogP contribution in [-0.2, 0) is 16.6 Å². The van der Waals surface area contributed by atoms with Gasteiger partial charge in [0.05, 0.1) is 11.1 Å². The van der Waals surface area contributed by atoms with E-state index in [-0.39, 0.29) is 12.7 Å². The molecule has 157 valence electrons.